The number of aliphatic imine (C=N–C) groups is 1. The Kier molecular flexibility index (Phi) is 6.07. The summed E-state index contributed by atoms with van der Waals surface area (Å²) in [6, 6.07) is 14.8. The van der Waals surface area contributed by atoms with Crippen LogP contribution in [0.3, 0.4) is 0 Å². The van der Waals surface area contributed by atoms with E-state index < -0.39 is 5.60 Å². The molecule has 2 aliphatic heterocycles. The molecule has 180 valence electrons. The third-order valence-corrected chi connectivity index (χ3v) is 6.44. The van der Waals surface area contributed by atoms with Crippen molar-refractivity contribution in [3.05, 3.63) is 95.6 Å². The minimum Gasteiger partial charge on any atom is -0.495 e. The molecule has 3 aliphatic rings. The van der Waals surface area contributed by atoms with Crippen molar-refractivity contribution in [1.82, 2.24) is 0 Å². The van der Waals surface area contributed by atoms with E-state index in [0.717, 1.165) is 11.3 Å². The molecule has 0 saturated heterocycles. The van der Waals surface area contributed by atoms with E-state index in [0.29, 0.717) is 46.5 Å². The van der Waals surface area contributed by atoms with Gasteiger partial charge in [-0.05, 0) is 55.8 Å². The number of ether oxygens (including phenoxy) is 3. The maximum atomic E-state index is 13.3. The van der Waals surface area contributed by atoms with Gasteiger partial charge in [0.25, 0.3) is 0 Å². The number of allylic oxidation sites excluding steroid dienone is 2. The molecule has 0 spiro atoms. The topological polar surface area (TPSA) is 80.9 Å². The molecule has 6 heteroatoms. The zero-order valence-corrected chi connectivity index (χ0v) is 20.4. The summed E-state index contributed by atoms with van der Waals surface area (Å²) in [5.41, 5.74) is 2.09. The van der Waals surface area contributed by atoms with E-state index in [1.54, 1.807) is 32.0 Å². The van der Waals surface area contributed by atoms with Crippen molar-refractivity contribution in [2.24, 2.45) is 10.9 Å². The molecule has 2 aromatic rings. The number of hydrogen-bond acceptors (Lipinski definition) is 6. The van der Waals surface area contributed by atoms with E-state index in [4.69, 9.17) is 19.2 Å². The fourth-order valence-electron chi connectivity index (χ4n) is 4.50. The largest absolute Gasteiger partial charge is 0.495 e. The second-order valence-electron chi connectivity index (χ2n) is 9.30. The molecule has 0 aromatic heterocycles. The van der Waals surface area contributed by atoms with Gasteiger partial charge in [-0.25, -0.2) is 0 Å². The van der Waals surface area contributed by atoms with Crippen molar-refractivity contribution in [3.63, 3.8) is 0 Å². The van der Waals surface area contributed by atoms with Crippen molar-refractivity contribution in [2.75, 3.05) is 13.7 Å². The highest BCUT2D eigenvalue weighted by molar-refractivity contribution is 6.32. The highest BCUT2D eigenvalue weighted by atomic mass is 16.5. The number of dihydropyridines is 1. The zero-order chi connectivity index (χ0) is 25.3. The third-order valence-electron chi connectivity index (χ3n) is 6.44. The number of hydrogen-bond donors (Lipinski definition) is 0. The Morgan fingerprint density at radius 2 is 1.81 bits per heavy atom. The molecule has 36 heavy (non-hydrogen) atoms. The minimum atomic E-state index is -1.02. The molecular formula is C30H26N2O4. The molecule has 0 radical (unpaired) electrons. The number of benzene rings is 2. The Labute approximate surface area is 210 Å². The fourth-order valence-corrected chi connectivity index (χ4v) is 4.50. The van der Waals surface area contributed by atoms with Crippen LogP contribution in [0, 0.1) is 17.2 Å². The molecule has 0 saturated carbocycles. The van der Waals surface area contributed by atoms with Crippen LogP contribution in [-0.2, 0) is 9.53 Å². The normalized spacial score (nSPS) is 21.5. The maximum absolute atomic E-state index is 13.3. The number of carbonyl (C=O) groups excluding carboxylic acids is 1. The minimum absolute atomic E-state index is 0.119. The second kappa shape index (κ2) is 9.35. The van der Waals surface area contributed by atoms with Crippen LogP contribution >= 0.6 is 0 Å². The monoisotopic (exact) mass is 478 g/mol. The van der Waals surface area contributed by atoms with Gasteiger partial charge in [0.1, 0.15) is 29.9 Å². The summed E-state index contributed by atoms with van der Waals surface area (Å²) in [7, 11) is 1.52. The number of Topliss-reactive ketones (excluding diaryl/α,β-unsaturated/α-hetero) is 1. The van der Waals surface area contributed by atoms with Gasteiger partial charge < -0.3 is 14.2 Å². The standard InChI is InChI=1S/C30H26N2O4/c1-30(2)29(33)27(28(36-30)21-11-15-26(34-3)22(16-21)17-31)20-9-13-24(14-10-20)35-18-23-12-8-19-6-4-5-7-25(19)32-23/h4-16,19,25H,18H2,1-3H3. The Hall–Kier alpha value is -4.37. The lowest BCUT2D eigenvalue weighted by Crippen LogP contribution is -2.29. The summed E-state index contributed by atoms with van der Waals surface area (Å²) in [6.45, 7) is 3.85. The second-order valence-corrected chi connectivity index (χ2v) is 9.30. The van der Waals surface area contributed by atoms with Gasteiger partial charge in [0.15, 0.2) is 5.60 Å². The fraction of sp³-hybridized carbons (Fsp3) is 0.233. The van der Waals surface area contributed by atoms with Gasteiger partial charge in [0.05, 0.1) is 30.0 Å². The molecule has 5 rings (SSSR count). The van der Waals surface area contributed by atoms with E-state index in [1.807, 2.05) is 42.5 Å². The highest BCUT2D eigenvalue weighted by Crippen LogP contribution is 2.42. The number of rotatable bonds is 6. The van der Waals surface area contributed by atoms with E-state index in [1.165, 1.54) is 7.11 Å². The Balaban J connectivity index is 1.39. The van der Waals surface area contributed by atoms with E-state index >= 15 is 0 Å². The lowest BCUT2D eigenvalue weighted by Gasteiger charge is -2.22. The van der Waals surface area contributed by atoms with Gasteiger partial charge in [0.2, 0.25) is 5.78 Å². The van der Waals surface area contributed by atoms with Gasteiger partial charge in [0, 0.05) is 11.5 Å². The zero-order valence-electron chi connectivity index (χ0n) is 20.4. The van der Waals surface area contributed by atoms with Gasteiger partial charge in [-0.1, -0.05) is 42.5 Å². The average Bonchev–Trinajstić information content (AvgIpc) is 3.15. The quantitative estimate of drug-likeness (QED) is 0.562. The predicted molar refractivity (Wildman–Crippen MR) is 139 cm³/mol. The smallest absolute Gasteiger partial charge is 0.210 e. The number of methoxy groups -OCH3 is 1. The maximum Gasteiger partial charge on any atom is 0.210 e. The van der Waals surface area contributed by atoms with Crippen LogP contribution in [0.2, 0.25) is 0 Å². The lowest BCUT2D eigenvalue weighted by atomic mass is 9.92. The van der Waals surface area contributed by atoms with Gasteiger partial charge in [-0.2, -0.15) is 5.26 Å². The summed E-state index contributed by atoms with van der Waals surface area (Å²) >= 11 is 0. The van der Waals surface area contributed by atoms with Crippen LogP contribution in [-0.4, -0.2) is 36.9 Å². The molecule has 2 aromatic carbocycles. The van der Waals surface area contributed by atoms with Crippen molar-refractivity contribution in [3.8, 4) is 17.6 Å². The van der Waals surface area contributed by atoms with Gasteiger partial charge >= 0.3 is 0 Å². The lowest BCUT2D eigenvalue weighted by molar-refractivity contribution is -0.125. The summed E-state index contributed by atoms with van der Waals surface area (Å²) in [5, 5.41) is 9.50. The molecule has 2 heterocycles. The summed E-state index contributed by atoms with van der Waals surface area (Å²) < 4.78 is 17.3. The van der Waals surface area contributed by atoms with Crippen LogP contribution in [0.5, 0.6) is 11.5 Å². The molecule has 1 aliphatic carbocycles. The Morgan fingerprint density at radius 1 is 1.06 bits per heavy atom. The first-order chi connectivity index (χ1) is 17.4. The summed E-state index contributed by atoms with van der Waals surface area (Å²) in [4.78, 5) is 18.0. The number of fused-ring (bicyclic) bond motifs is 1. The molecule has 6 nitrogen and oxygen atoms in total. The number of nitrogens with zero attached hydrogens (tertiary/aromatic N) is 2. The molecule has 0 fully saturated rings. The molecule has 0 N–H and O–H groups in total. The van der Waals surface area contributed by atoms with Crippen LogP contribution in [0.15, 0.2) is 83.9 Å². The van der Waals surface area contributed by atoms with Crippen LogP contribution in [0.4, 0.5) is 0 Å². The summed E-state index contributed by atoms with van der Waals surface area (Å²) in [6.07, 6.45) is 12.5. The van der Waals surface area contributed by atoms with Gasteiger partial charge in [-0.15, -0.1) is 0 Å². The van der Waals surface area contributed by atoms with Crippen molar-refractivity contribution in [1.29, 1.82) is 5.26 Å². The average molecular weight is 479 g/mol. The van der Waals surface area contributed by atoms with E-state index in [2.05, 4.69) is 24.3 Å². The summed E-state index contributed by atoms with van der Waals surface area (Å²) in [5.74, 6) is 1.79. The molecule has 2 atom stereocenters. The number of ketones is 1. The first kappa shape index (κ1) is 23.4. The molecule has 0 amide bonds. The number of nitriles is 1. The first-order valence-corrected chi connectivity index (χ1v) is 11.8. The highest BCUT2D eigenvalue weighted by Gasteiger charge is 2.43. The van der Waals surface area contributed by atoms with Crippen LogP contribution in [0.1, 0.15) is 30.5 Å². The van der Waals surface area contributed by atoms with Crippen molar-refractivity contribution in [2.45, 2.75) is 25.5 Å². The van der Waals surface area contributed by atoms with Gasteiger partial charge in [-0.3, -0.25) is 9.79 Å². The molecule has 0 bridgehead atoms. The Morgan fingerprint density at radius 3 is 2.56 bits per heavy atom. The molecular weight excluding hydrogens is 452 g/mol. The van der Waals surface area contributed by atoms with Crippen LogP contribution < -0.4 is 9.47 Å². The first-order valence-electron chi connectivity index (χ1n) is 11.8. The molecule has 2 unspecified atom stereocenters. The van der Waals surface area contributed by atoms with Crippen LogP contribution in [0.25, 0.3) is 11.3 Å². The predicted octanol–water partition coefficient (Wildman–Crippen LogP) is 5.31. The van der Waals surface area contributed by atoms with Crippen molar-refractivity contribution >= 4 is 22.8 Å². The van der Waals surface area contributed by atoms with E-state index in [9.17, 15) is 10.1 Å². The van der Waals surface area contributed by atoms with Crippen molar-refractivity contribution < 1.29 is 19.0 Å². The number of carbonyl (C=O) groups is 1. The third kappa shape index (κ3) is 4.36. The van der Waals surface area contributed by atoms with E-state index in [-0.39, 0.29) is 11.8 Å². The Bertz CT molecular complexity index is 1400. The SMILES string of the molecule is COc1ccc(C2=C(c3ccc(OCC4=NC5C=CC=CC5C=C4)cc3)C(=O)C(C)(C)O2)cc1C#N.